The number of benzene rings is 2. The third-order valence-corrected chi connectivity index (χ3v) is 5.97. The highest BCUT2D eigenvalue weighted by molar-refractivity contribution is 5.74. The van der Waals surface area contributed by atoms with Gasteiger partial charge in [-0.25, -0.2) is 0 Å². The van der Waals surface area contributed by atoms with Crippen LogP contribution in [0.25, 0.3) is 11.1 Å². The van der Waals surface area contributed by atoms with E-state index in [1.54, 1.807) is 0 Å². The zero-order valence-electron chi connectivity index (χ0n) is 13.9. The fourth-order valence-electron chi connectivity index (χ4n) is 4.57. The minimum atomic E-state index is -0.532. The van der Waals surface area contributed by atoms with Gasteiger partial charge >= 0.3 is 0 Å². The van der Waals surface area contributed by atoms with Crippen molar-refractivity contribution in [3.8, 4) is 0 Å². The fraction of sp³-hybridized carbons (Fsp3) is 0.350. The second kappa shape index (κ2) is 5.31. The van der Waals surface area contributed by atoms with E-state index in [9.17, 15) is 5.11 Å². The fourth-order valence-corrected chi connectivity index (χ4v) is 4.57. The van der Waals surface area contributed by atoms with Crippen LogP contribution in [-0.2, 0) is 5.41 Å². The van der Waals surface area contributed by atoms with Gasteiger partial charge in [0.25, 0.3) is 6.01 Å². The molecule has 5 nitrogen and oxygen atoms in total. The lowest BCUT2D eigenvalue weighted by Crippen LogP contribution is -2.49. The predicted octanol–water partition coefficient (Wildman–Crippen LogP) is 2.74. The number of nitrogens with zero attached hydrogens (tertiary/aromatic N) is 2. The van der Waals surface area contributed by atoms with Crippen molar-refractivity contribution in [2.45, 2.75) is 30.4 Å². The number of hydrogen-bond acceptors (Lipinski definition) is 5. The molecule has 2 heterocycles. The van der Waals surface area contributed by atoms with Gasteiger partial charge in [0.2, 0.25) is 0 Å². The van der Waals surface area contributed by atoms with E-state index >= 15 is 0 Å². The number of aromatic nitrogens is 1. The molecule has 5 heteroatoms. The van der Waals surface area contributed by atoms with Gasteiger partial charge in [-0.3, -0.25) is 0 Å². The maximum Gasteiger partial charge on any atom is 0.298 e. The van der Waals surface area contributed by atoms with Crippen molar-refractivity contribution in [1.29, 1.82) is 0 Å². The molecule has 1 saturated heterocycles. The molecule has 128 valence electrons. The lowest BCUT2D eigenvalue weighted by molar-refractivity contribution is 0.0578. The molecule has 0 bridgehead atoms. The molecule has 1 spiro atoms. The van der Waals surface area contributed by atoms with Gasteiger partial charge in [-0.2, -0.15) is 4.98 Å². The molecule has 0 amide bonds. The Hall–Kier alpha value is -2.37. The van der Waals surface area contributed by atoms with Crippen molar-refractivity contribution in [2.24, 2.45) is 5.73 Å². The average Bonchev–Trinajstić information content (AvgIpc) is 3.18. The minimum absolute atomic E-state index is 0.251. The first kappa shape index (κ1) is 14.9. The van der Waals surface area contributed by atoms with E-state index in [-0.39, 0.29) is 11.5 Å². The Kier molecular flexibility index (Phi) is 3.17. The number of aliphatic hydroxyl groups excluding tert-OH is 1. The van der Waals surface area contributed by atoms with E-state index in [0.29, 0.717) is 6.01 Å². The molecule has 3 aromatic rings. The quantitative estimate of drug-likeness (QED) is 0.715. The number of hydrogen-bond donors (Lipinski definition) is 2. The van der Waals surface area contributed by atoms with Gasteiger partial charge in [0.15, 0.2) is 5.58 Å². The van der Waals surface area contributed by atoms with Crippen molar-refractivity contribution < 1.29 is 9.52 Å². The van der Waals surface area contributed by atoms with Crippen LogP contribution >= 0.6 is 0 Å². The number of oxazole rings is 1. The highest BCUT2D eigenvalue weighted by Gasteiger charge is 2.51. The second-order valence-electron chi connectivity index (χ2n) is 7.17. The summed E-state index contributed by atoms with van der Waals surface area (Å²) < 4.78 is 5.90. The van der Waals surface area contributed by atoms with Crippen LogP contribution in [-0.4, -0.2) is 29.3 Å². The van der Waals surface area contributed by atoms with Crippen molar-refractivity contribution in [1.82, 2.24) is 4.98 Å². The Labute approximate surface area is 146 Å². The van der Waals surface area contributed by atoms with Crippen LogP contribution in [0.1, 0.15) is 30.0 Å². The van der Waals surface area contributed by atoms with Crippen LogP contribution in [0.3, 0.4) is 0 Å². The van der Waals surface area contributed by atoms with Crippen molar-refractivity contribution in [3.05, 3.63) is 59.7 Å². The summed E-state index contributed by atoms with van der Waals surface area (Å²) in [5.74, 6) is 0. The SMILES string of the molecule is N[C@H]1c2ccccc2C2(CCN(c3nc4ccccc4o3)CC2)[C@@H]1O. The van der Waals surface area contributed by atoms with Crippen LogP contribution in [0.5, 0.6) is 0 Å². The highest BCUT2D eigenvalue weighted by Crippen LogP contribution is 2.50. The summed E-state index contributed by atoms with van der Waals surface area (Å²) >= 11 is 0. The molecule has 1 aromatic heterocycles. The number of para-hydroxylation sites is 2. The number of piperidine rings is 1. The molecule has 0 saturated carbocycles. The molecule has 3 N–H and O–H groups in total. The number of anilines is 1. The molecule has 2 atom stereocenters. The van der Waals surface area contributed by atoms with Crippen LogP contribution in [0.4, 0.5) is 6.01 Å². The molecule has 25 heavy (non-hydrogen) atoms. The topological polar surface area (TPSA) is 75.5 Å². The number of aliphatic hydroxyl groups is 1. The summed E-state index contributed by atoms with van der Waals surface area (Å²) in [6.07, 6.45) is 1.16. The van der Waals surface area contributed by atoms with E-state index in [1.807, 2.05) is 42.5 Å². The molecule has 2 aromatic carbocycles. The van der Waals surface area contributed by atoms with Crippen LogP contribution in [0.2, 0.25) is 0 Å². The summed E-state index contributed by atoms with van der Waals surface area (Å²) in [5.41, 5.74) is 10.0. The molecule has 5 rings (SSSR count). The number of nitrogens with two attached hydrogens (primary N) is 1. The van der Waals surface area contributed by atoms with Crippen molar-refractivity contribution in [2.75, 3.05) is 18.0 Å². The third-order valence-electron chi connectivity index (χ3n) is 5.97. The largest absolute Gasteiger partial charge is 0.423 e. The molecule has 0 radical (unpaired) electrons. The van der Waals surface area contributed by atoms with E-state index in [2.05, 4.69) is 16.0 Å². The molecular formula is C20H21N3O2. The summed E-state index contributed by atoms with van der Waals surface area (Å²) in [5, 5.41) is 10.9. The Morgan fingerprint density at radius 2 is 1.80 bits per heavy atom. The zero-order chi connectivity index (χ0) is 17.0. The van der Waals surface area contributed by atoms with Crippen LogP contribution in [0.15, 0.2) is 52.9 Å². The first-order chi connectivity index (χ1) is 12.2. The maximum atomic E-state index is 10.9. The lowest BCUT2D eigenvalue weighted by Gasteiger charge is -2.42. The Morgan fingerprint density at radius 3 is 2.60 bits per heavy atom. The van der Waals surface area contributed by atoms with E-state index in [0.717, 1.165) is 42.6 Å². The van der Waals surface area contributed by atoms with Crippen molar-refractivity contribution in [3.63, 3.8) is 0 Å². The third kappa shape index (κ3) is 2.06. The van der Waals surface area contributed by atoms with Gasteiger partial charge in [0, 0.05) is 18.5 Å². The van der Waals surface area contributed by atoms with Crippen LogP contribution < -0.4 is 10.6 Å². The second-order valence-corrected chi connectivity index (χ2v) is 7.17. The predicted molar refractivity (Wildman–Crippen MR) is 96.5 cm³/mol. The van der Waals surface area contributed by atoms with E-state index in [1.165, 1.54) is 5.56 Å². The number of fused-ring (bicyclic) bond motifs is 3. The van der Waals surface area contributed by atoms with E-state index in [4.69, 9.17) is 10.2 Å². The zero-order valence-corrected chi connectivity index (χ0v) is 13.9. The summed E-state index contributed by atoms with van der Waals surface area (Å²) in [6.45, 7) is 1.59. The van der Waals surface area contributed by atoms with Gasteiger partial charge in [0.1, 0.15) is 5.52 Å². The lowest BCUT2D eigenvalue weighted by atomic mass is 9.72. The van der Waals surface area contributed by atoms with Gasteiger partial charge in [0.05, 0.1) is 12.1 Å². The first-order valence-corrected chi connectivity index (χ1v) is 8.83. The Morgan fingerprint density at radius 1 is 1.08 bits per heavy atom. The monoisotopic (exact) mass is 335 g/mol. The number of rotatable bonds is 1. The van der Waals surface area contributed by atoms with Gasteiger partial charge in [-0.1, -0.05) is 36.4 Å². The van der Waals surface area contributed by atoms with Gasteiger partial charge in [-0.15, -0.1) is 0 Å². The summed E-state index contributed by atoms with van der Waals surface area (Å²) in [7, 11) is 0. The average molecular weight is 335 g/mol. The molecular weight excluding hydrogens is 314 g/mol. The first-order valence-electron chi connectivity index (χ1n) is 8.83. The van der Waals surface area contributed by atoms with Gasteiger partial charge in [-0.05, 0) is 36.1 Å². The Bertz CT molecular complexity index is 894. The maximum absolute atomic E-state index is 10.9. The van der Waals surface area contributed by atoms with Crippen LogP contribution in [0, 0.1) is 0 Å². The summed E-state index contributed by atoms with van der Waals surface area (Å²) in [6, 6.07) is 16.4. The summed E-state index contributed by atoms with van der Waals surface area (Å²) in [4.78, 5) is 6.77. The van der Waals surface area contributed by atoms with E-state index < -0.39 is 6.10 Å². The minimum Gasteiger partial charge on any atom is -0.423 e. The van der Waals surface area contributed by atoms with Crippen molar-refractivity contribution >= 4 is 17.1 Å². The highest BCUT2D eigenvalue weighted by atomic mass is 16.4. The molecule has 1 fully saturated rings. The normalized spacial score (nSPS) is 24.8. The van der Waals surface area contributed by atoms with Gasteiger partial charge < -0.3 is 20.2 Å². The molecule has 2 aliphatic rings. The molecule has 1 aliphatic carbocycles. The smallest absolute Gasteiger partial charge is 0.298 e. The standard InChI is InChI=1S/C20H21N3O2/c21-17-13-5-1-2-6-14(13)20(18(17)24)9-11-23(12-10-20)19-22-15-7-3-4-8-16(15)25-19/h1-8,17-18,24H,9-12,21H2/t17-,18+/m0/s1. The molecule has 0 unspecified atom stereocenters. The molecule has 1 aliphatic heterocycles. The Balaban J connectivity index is 1.44.